The Hall–Kier alpha value is -2.17. The molecule has 0 radical (unpaired) electrons. The molecule has 1 atom stereocenters. The van der Waals surface area contributed by atoms with Crippen LogP contribution < -0.4 is 5.32 Å². The van der Waals surface area contributed by atoms with Crippen LogP contribution in [0.3, 0.4) is 0 Å². The second-order valence-corrected chi connectivity index (χ2v) is 5.66. The molecule has 4 nitrogen and oxygen atoms in total. The fraction of sp³-hybridized carbons (Fsp3) is 0.0625. The van der Waals surface area contributed by atoms with Gasteiger partial charge in [-0.25, -0.2) is 15.0 Å². The van der Waals surface area contributed by atoms with Crippen molar-refractivity contribution in [3.63, 3.8) is 0 Å². The Labute approximate surface area is 136 Å². The molecule has 0 fully saturated rings. The van der Waals surface area contributed by atoms with E-state index < -0.39 is 6.04 Å². The van der Waals surface area contributed by atoms with E-state index in [1.165, 1.54) is 0 Å². The van der Waals surface area contributed by atoms with Gasteiger partial charge in [-0.1, -0.05) is 47.5 Å². The van der Waals surface area contributed by atoms with Crippen LogP contribution >= 0.6 is 23.2 Å². The van der Waals surface area contributed by atoms with E-state index in [0.717, 1.165) is 22.4 Å². The molecule has 108 valence electrons. The number of benzene rings is 2. The lowest BCUT2D eigenvalue weighted by molar-refractivity contribution is 0.961. The topological polar surface area (TPSA) is 50.2 Å². The van der Waals surface area contributed by atoms with E-state index in [1.54, 1.807) is 0 Å². The molecule has 2 heterocycles. The zero-order chi connectivity index (χ0) is 15.1. The van der Waals surface area contributed by atoms with Crippen LogP contribution in [0.1, 0.15) is 11.7 Å². The number of para-hydroxylation sites is 4. The first-order valence-corrected chi connectivity index (χ1v) is 7.50. The van der Waals surface area contributed by atoms with Crippen molar-refractivity contribution < 1.29 is 0 Å². The first-order chi connectivity index (χ1) is 10.7. The third-order valence-corrected chi connectivity index (χ3v) is 4.08. The van der Waals surface area contributed by atoms with E-state index in [0.29, 0.717) is 16.0 Å². The van der Waals surface area contributed by atoms with Crippen LogP contribution in [0.15, 0.2) is 53.5 Å². The molecule has 1 aliphatic heterocycles. The van der Waals surface area contributed by atoms with Crippen molar-refractivity contribution >= 4 is 50.8 Å². The number of anilines is 1. The first-order valence-electron chi connectivity index (χ1n) is 6.74. The third kappa shape index (κ3) is 2.21. The Balaban J connectivity index is 1.84. The van der Waals surface area contributed by atoms with E-state index in [1.807, 2.05) is 48.5 Å². The van der Waals surface area contributed by atoms with Crippen LogP contribution in [-0.4, -0.2) is 15.1 Å². The number of hydrogen-bond donors (Lipinski definition) is 1. The Morgan fingerprint density at radius 3 is 2.36 bits per heavy atom. The van der Waals surface area contributed by atoms with Crippen molar-refractivity contribution in [2.45, 2.75) is 6.04 Å². The average Bonchev–Trinajstić information content (AvgIpc) is 2.54. The largest absolute Gasteiger partial charge is 0.369 e. The number of nitrogens with zero attached hydrogens (tertiary/aromatic N) is 3. The molecule has 22 heavy (non-hydrogen) atoms. The van der Waals surface area contributed by atoms with E-state index in [2.05, 4.69) is 20.3 Å². The van der Waals surface area contributed by atoms with E-state index in [9.17, 15) is 0 Å². The summed E-state index contributed by atoms with van der Waals surface area (Å²) in [5.74, 6) is 0. The summed E-state index contributed by atoms with van der Waals surface area (Å²) in [5, 5.41) is 4.04. The van der Waals surface area contributed by atoms with Gasteiger partial charge in [0.15, 0.2) is 5.15 Å². The molecule has 0 saturated carbocycles. The van der Waals surface area contributed by atoms with Crippen LogP contribution in [0, 0.1) is 0 Å². The summed E-state index contributed by atoms with van der Waals surface area (Å²) < 4.78 is 0. The first kappa shape index (κ1) is 13.5. The molecule has 0 amide bonds. The maximum absolute atomic E-state index is 6.33. The van der Waals surface area contributed by atoms with Gasteiger partial charge in [0.2, 0.25) is 0 Å². The number of aromatic nitrogens is 2. The maximum atomic E-state index is 6.33. The number of rotatable bonds is 1. The molecule has 0 aliphatic carbocycles. The number of aliphatic imine (C=N–C) groups is 1. The van der Waals surface area contributed by atoms with E-state index >= 15 is 0 Å². The molecule has 0 bridgehead atoms. The lowest BCUT2D eigenvalue weighted by Gasteiger charge is -2.24. The molecule has 1 aromatic heterocycles. The van der Waals surface area contributed by atoms with Crippen molar-refractivity contribution in [2.24, 2.45) is 4.99 Å². The molecule has 2 aromatic carbocycles. The Morgan fingerprint density at radius 2 is 1.55 bits per heavy atom. The fourth-order valence-electron chi connectivity index (χ4n) is 2.44. The van der Waals surface area contributed by atoms with Crippen LogP contribution in [0.2, 0.25) is 5.15 Å². The monoisotopic (exact) mass is 328 g/mol. The highest BCUT2D eigenvalue weighted by atomic mass is 35.5. The van der Waals surface area contributed by atoms with Gasteiger partial charge in [-0.15, -0.1) is 0 Å². The van der Waals surface area contributed by atoms with Gasteiger partial charge in [-0.2, -0.15) is 0 Å². The van der Waals surface area contributed by atoms with Crippen molar-refractivity contribution in [1.29, 1.82) is 0 Å². The van der Waals surface area contributed by atoms with Gasteiger partial charge in [-0.3, -0.25) is 0 Å². The van der Waals surface area contributed by atoms with Gasteiger partial charge < -0.3 is 5.32 Å². The van der Waals surface area contributed by atoms with Gasteiger partial charge in [0.1, 0.15) is 16.9 Å². The van der Waals surface area contributed by atoms with Crippen molar-refractivity contribution in [2.75, 3.05) is 5.32 Å². The average molecular weight is 329 g/mol. The minimum absolute atomic E-state index is 0.323. The van der Waals surface area contributed by atoms with Crippen LogP contribution in [-0.2, 0) is 0 Å². The number of halogens is 2. The lowest BCUT2D eigenvalue weighted by Crippen LogP contribution is -2.22. The summed E-state index contributed by atoms with van der Waals surface area (Å²) in [4.78, 5) is 13.4. The fourth-order valence-corrected chi connectivity index (χ4v) is 2.94. The summed E-state index contributed by atoms with van der Waals surface area (Å²) in [6.07, 6.45) is 0. The van der Waals surface area contributed by atoms with Crippen LogP contribution in [0.25, 0.3) is 11.0 Å². The quantitative estimate of drug-likeness (QED) is 0.703. The van der Waals surface area contributed by atoms with Crippen LogP contribution in [0.4, 0.5) is 11.4 Å². The zero-order valence-corrected chi connectivity index (χ0v) is 12.8. The summed E-state index contributed by atoms with van der Waals surface area (Å²) in [6, 6.07) is 14.9. The molecule has 4 rings (SSSR count). The molecule has 1 N–H and O–H groups in total. The molecule has 1 aliphatic rings. The van der Waals surface area contributed by atoms with Crippen molar-refractivity contribution in [3.8, 4) is 0 Å². The Morgan fingerprint density at radius 1 is 0.864 bits per heavy atom. The summed E-state index contributed by atoms with van der Waals surface area (Å²) >= 11 is 12.6. The molecular formula is C16H10Cl2N4. The molecule has 0 spiro atoms. The highest BCUT2D eigenvalue weighted by Crippen LogP contribution is 2.37. The van der Waals surface area contributed by atoms with Gasteiger partial charge in [0, 0.05) is 0 Å². The molecule has 1 unspecified atom stereocenters. The smallest absolute Gasteiger partial charge is 0.153 e. The summed E-state index contributed by atoms with van der Waals surface area (Å²) in [7, 11) is 0. The predicted molar refractivity (Wildman–Crippen MR) is 90.3 cm³/mol. The second-order valence-electron chi connectivity index (χ2n) is 4.92. The Bertz CT molecular complexity index is 908. The van der Waals surface area contributed by atoms with Gasteiger partial charge in [0.25, 0.3) is 0 Å². The minimum atomic E-state index is -0.402. The van der Waals surface area contributed by atoms with Crippen LogP contribution in [0.5, 0.6) is 0 Å². The molecule has 6 heteroatoms. The highest BCUT2D eigenvalue weighted by Gasteiger charge is 2.26. The standard InChI is InChI=1S/C16H10Cl2N4/c17-15-13(19-9-5-1-3-7-11(9)21-15)14-16(18)22-12-8-4-2-6-10(12)20-14/h1-8,13,19H. The third-order valence-electron chi connectivity index (χ3n) is 3.50. The number of fused-ring (bicyclic) bond motifs is 2. The summed E-state index contributed by atoms with van der Waals surface area (Å²) in [5.41, 5.74) is 3.78. The Kier molecular flexibility index (Phi) is 3.21. The van der Waals surface area contributed by atoms with Crippen molar-refractivity contribution in [3.05, 3.63) is 59.4 Å². The van der Waals surface area contributed by atoms with E-state index in [-0.39, 0.29) is 0 Å². The molecular weight excluding hydrogens is 319 g/mol. The lowest BCUT2D eigenvalue weighted by atomic mass is 10.1. The molecule has 3 aromatic rings. The predicted octanol–water partition coefficient (Wildman–Crippen LogP) is 4.72. The maximum Gasteiger partial charge on any atom is 0.153 e. The minimum Gasteiger partial charge on any atom is -0.369 e. The van der Waals surface area contributed by atoms with Gasteiger partial charge in [-0.05, 0) is 24.3 Å². The number of hydrogen-bond acceptors (Lipinski definition) is 4. The van der Waals surface area contributed by atoms with E-state index in [4.69, 9.17) is 23.2 Å². The van der Waals surface area contributed by atoms with Gasteiger partial charge in [0.05, 0.1) is 22.4 Å². The number of nitrogens with one attached hydrogen (secondary N) is 1. The highest BCUT2D eigenvalue weighted by molar-refractivity contribution is 6.67. The second kappa shape index (κ2) is 5.23. The SMILES string of the molecule is ClC1=Nc2ccccc2NC1c1nc2ccccc2nc1Cl. The summed E-state index contributed by atoms with van der Waals surface area (Å²) in [6.45, 7) is 0. The normalized spacial score (nSPS) is 16.8. The van der Waals surface area contributed by atoms with Gasteiger partial charge >= 0.3 is 0 Å². The zero-order valence-electron chi connectivity index (χ0n) is 11.3. The van der Waals surface area contributed by atoms with Crippen molar-refractivity contribution in [1.82, 2.24) is 9.97 Å². The molecule has 0 saturated heterocycles.